The molecular weight excluding hydrogens is 204 g/mol. The van der Waals surface area contributed by atoms with Crippen LogP contribution in [0.3, 0.4) is 0 Å². The lowest BCUT2D eigenvalue weighted by atomic mass is 10.5. The Labute approximate surface area is 82.0 Å². The summed E-state index contributed by atoms with van der Waals surface area (Å²) in [6, 6.07) is 1.69. The van der Waals surface area contributed by atoms with E-state index in [0.717, 1.165) is 0 Å². The Hall–Kier alpha value is -1.39. The highest BCUT2D eigenvalue weighted by Gasteiger charge is 2.15. The van der Waals surface area contributed by atoms with E-state index in [9.17, 15) is 8.42 Å². The molecule has 0 saturated heterocycles. The second-order valence-corrected chi connectivity index (χ2v) is 4.27. The molecule has 0 atom stereocenters. The zero-order valence-corrected chi connectivity index (χ0v) is 8.43. The maximum Gasteiger partial charge on any atom is 0.258 e. The third-order valence-electron chi connectivity index (χ3n) is 1.57. The minimum Gasteiger partial charge on any atom is -0.332 e. The predicted molar refractivity (Wildman–Crippen MR) is 48.8 cm³/mol. The first-order chi connectivity index (χ1) is 6.60. The SMILES string of the molecule is CCc1ncc(S(=O)(=O)NCC#N)[nH]1. The summed E-state index contributed by atoms with van der Waals surface area (Å²) in [6.45, 7) is 1.61. The number of hydrogen-bond donors (Lipinski definition) is 2. The molecule has 0 amide bonds. The summed E-state index contributed by atoms with van der Waals surface area (Å²) in [5, 5.41) is 8.22. The normalized spacial score (nSPS) is 11.1. The van der Waals surface area contributed by atoms with Gasteiger partial charge in [-0.05, 0) is 0 Å². The van der Waals surface area contributed by atoms with Gasteiger partial charge in [0, 0.05) is 6.42 Å². The summed E-state index contributed by atoms with van der Waals surface area (Å²) in [7, 11) is -3.60. The number of H-pyrrole nitrogens is 1. The average Bonchev–Trinajstić information content (AvgIpc) is 2.63. The van der Waals surface area contributed by atoms with Crippen LogP contribution in [0.4, 0.5) is 0 Å². The van der Waals surface area contributed by atoms with E-state index < -0.39 is 10.0 Å². The van der Waals surface area contributed by atoms with E-state index in [-0.39, 0.29) is 11.6 Å². The Morgan fingerprint density at radius 1 is 1.71 bits per heavy atom. The van der Waals surface area contributed by atoms with Gasteiger partial charge in [-0.2, -0.15) is 9.98 Å². The first-order valence-electron chi connectivity index (χ1n) is 4.00. The zero-order chi connectivity index (χ0) is 10.6. The fraction of sp³-hybridized carbons (Fsp3) is 0.429. The van der Waals surface area contributed by atoms with Crippen molar-refractivity contribution in [1.29, 1.82) is 5.26 Å². The van der Waals surface area contributed by atoms with Crippen LogP contribution >= 0.6 is 0 Å². The van der Waals surface area contributed by atoms with Gasteiger partial charge in [0.25, 0.3) is 10.0 Å². The van der Waals surface area contributed by atoms with Crippen molar-refractivity contribution in [3.63, 3.8) is 0 Å². The third-order valence-corrected chi connectivity index (χ3v) is 2.88. The number of aryl methyl sites for hydroxylation is 1. The van der Waals surface area contributed by atoms with Crippen molar-refractivity contribution in [2.24, 2.45) is 0 Å². The Balaban J connectivity index is 2.88. The fourth-order valence-corrected chi connectivity index (χ4v) is 1.72. The molecule has 7 heteroatoms. The Morgan fingerprint density at radius 3 is 2.93 bits per heavy atom. The number of hydrogen-bond acceptors (Lipinski definition) is 4. The van der Waals surface area contributed by atoms with Crippen LogP contribution in [0.5, 0.6) is 0 Å². The van der Waals surface area contributed by atoms with E-state index in [2.05, 4.69) is 14.7 Å². The molecule has 0 aromatic carbocycles. The van der Waals surface area contributed by atoms with Gasteiger partial charge in [0.2, 0.25) is 0 Å². The van der Waals surface area contributed by atoms with Crippen LogP contribution in [0, 0.1) is 11.3 Å². The molecule has 0 saturated carbocycles. The molecule has 0 radical (unpaired) electrons. The molecule has 1 aromatic heterocycles. The van der Waals surface area contributed by atoms with Crippen LogP contribution in [0.1, 0.15) is 12.7 Å². The van der Waals surface area contributed by atoms with Crippen LogP contribution < -0.4 is 4.72 Å². The van der Waals surface area contributed by atoms with E-state index in [1.54, 1.807) is 6.07 Å². The molecule has 76 valence electrons. The number of aromatic nitrogens is 2. The van der Waals surface area contributed by atoms with Crippen molar-refractivity contribution >= 4 is 10.0 Å². The Morgan fingerprint density at radius 2 is 2.43 bits per heavy atom. The Bertz CT molecular complexity index is 443. The molecule has 0 fully saturated rings. The molecule has 0 spiro atoms. The molecule has 1 rings (SSSR count). The molecule has 0 unspecified atom stereocenters. The summed E-state index contributed by atoms with van der Waals surface area (Å²) >= 11 is 0. The standard InChI is InChI=1S/C7H10N4O2S/c1-2-6-9-5-7(11-6)14(12,13)10-4-3-8/h5,10H,2,4H2,1H3,(H,9,11). The molecule has 2 N–H and O–H groups in total. The number of nitrogens with zero attached hydrogens (tertiary/aromatic N) is 2. The highest BCUT2D eigenvalue weighted by atomic mass is 32.2. The van der Waals surface area contributed by atoms with Gasteiger partial charge >= 0.3 is 0 Å². The van der Waals surface area contributed by atoms with E-state index in [0.29, 0.717) is 12.2 Å². The second-order valence-electron chi connectivity index (χ2n) is 2.53. The molecule has 1 heterocycles. The van der Waals surface area contributed by atoms with E-state index >= 15 is 0 Å². The summed E-state index contributed by atoms with van der Waals surface area (Å²) in [5.41, 5.74) is 0. The number of rotatable bonds is 4. The maximum atomic E-state index is 11.4. The van der Waals surface area contributed by atoms with Crippen LogP contribution in [-0.4, -0.2) is 24.9 Å². The van der Waals surface area contributed by atoms with Crippen LogP contribution in [0.2, 0.25) is 0 Å². The third kappa shape index (κ3) is 2.31. The topological polar surface area (TPSA) is 98.6 Å². The van der Waals surface area contributed by atoms with Crippen molar-refractivity contribution in [1.82, 2.24) is 14.7 Å². The summed E-state index contributed by atoms with van der Waals surface area (Å²) < 4.78 is 24.9. The number of imidazole rings is 1. The highest BCUT2D eigenvalue weighted by molar-refractivity contribution is 7.89. The molecular formula is C7H10N4O2S. The first kappa shape index (κ1) is 10.7. The summed E-state index contributed by atoms with van der Waals surface area (Å²) in [5.74, 6) is 0.599. The molecule has 0 aliphatic rings. The largest absolute Gasteiger partial charge is 0.332 e. The smallest absolute Gasteiger partial charge is 0.258 e. The van der Waals surface area contributed by atoms with Crippen molar-refractivity contribution in [3.05, 3.63) is 12.0 Å². The van der Waals surface area contributed by atoms with E-state index in [4.69, 9.17) is 5.26 Å². The first-order valence-corrected chi connectivity index (χ1v) is 5.49. The second kappa shape index (κ2) is 4.21. The molecule has 6 nitrogen and oxygen atoms in total. The summed E-state index contributed by atoms with van der Waals surface area (Å²) in [4.78, 5) is 6.49. The van der Waals surface area contributed by atoms with Gasteiger partial charge in [-0.1, -0.05) is 6.92 Å². The summed E-state index contributed by atoms with van der Waals surface area (Å²) in [6.07, 6.45) is 1.87. The number of nitrogens with one attached hydrogen (secondary N) is 2. The van der Waals surface area contributed by atoms with Crippen molar-refractivity contribution < 1.29 is 8.42 Å². The van der Waals surface area contributed by atoms with Gasteiger partial charge in [-0.15, -0.1) is 0 Å². The lowest BCUT2D eigenvalue weighted by Gasteiger charge is -1.98. The monoisotopic (exact) mass is 214 g/mol. The van der Waals surface area contributed by atoms with Gasteiger partial charge in [0.05, 0.1) is 18.8 Å². The zero-order valence-electron chi connectivity index (χ0n) is 7.61. The van der Waals surface area contributed by atoms with Crippen molar-refractivity contribution in [2.45, 2.75) is 18.4 Å². The molecule has 0 aliphatic carbocycles. The van der Waals surface area contributed by atoms with Crippen LogP contribution in [-0.2, 0) is 16.4 Å². The van der Waals surface area contributed by atoms with Gasteiger partial charge in [0.15, 0.2) is 5.03 Å². The van der Waals surface area contributed by atoms with Gasteiger partial charge < -0.3 is 4.98 Å². The predicted octanol–water partition coefficient (Wildman–Crippen LogP) is -0.226. The number of nitriles is 1. The molecule has 0 bridgehead atoms. The highest BCUT2D eigenvalue weighted by Crippen LogP contribution is 2.04. The quantitative estimate of drug-likeness (QED) is 0.676. The van der Waals surface area contributed by atoms with Crippen molar-refractivity contribution in [3.8, 4) is 6.07 Å². The fourth-order valence-electron chi connectivity index (χ4n) is 0.865. The van der Waals surface area contributed by atoms with Crippen LogP contribution in [0.15, 0.2) is 11.2 Å². The van der Waals surface area contributed by atoms with Crippen LogP contribution in [0.25, 0.3) is 0 Å². The van der Waals surface area contributed by atoms with E-state index in [1.807, 2.05) is 6.92 Å². The van der Waals surface area contributed by atoms with Gasteiger partial charge in [-0.25, -0.2) is 13.4 Å². The van der Waals surface area contributed by atoms with Crippen molar-refractivity contribution in [2.75, 3.05) is 6.54 Å². The van der Waals surface area contributed by atoms with E-state index in [1.165, 1.54) is 6.20 Å². The lowest BCUT2D eigenvalue weighted by molar-refractivity contribution is 0.582. The minimum atomic E-state index is -3.60. The molecule has 0 aliphatic heterocycles. The lowest BCUT2D eigenvalue weighted by Crippen LogP contribution is -2.24. The maximum absolute atomic E-state index is 11.4. The Kier molecular flexibility index (Phi) is 3.22. The van der Waals surface area contributed by atoms with Gasteiger partial charge in [-0.3, -0.25) is 0 Å². The average molecular weight is 214 g/mol. The number of aromatic amines is 1. The van der Waals surface area contributed by atoms with Gasteiger partial charge in [0.1, 0.15) is 5.82 Å². The minimum absolute atomic E-state index is 0.00963. The molecule has 1 aromatic rings. The number of sulfonamides is 1. The molecule has 14 heavy (non-hydrogen) atoms.